The maximum atomic E-state index is 12.3. The second kappa shape index (κ2) is 6.08. The van der Waals surface area contributed by atoms with Crippen LogP contribution in [0, 0.1) is 3.57 Å². The highest BCUT2D eigenvalue weighted by Crippen LogP contribution is 2.32. The Labute approximate surface area is 137 Å². The summed E-state index contributed by atoms with van der Waals surface area (Å²) in [6, 6.07) is 8.76. The second-order valence-electron chi connectivity index (χ2n) is 3.67. The summed E-state index contributed by atoms with van der Waals surface area (Å²) < 4.78 is 28.7. The fraction of sp³-hybridized carbons (Fsp3) is 0.0909. The van der Waals surface area contributed by atoms with Crippen LogP contribution in [-0.2, 0) is 16.6 Å². The molecule has 3 N–H and O–H groups in total. The number of sulfonamides is 1. The highest BCUT2D eigenvalue weighted by molar-refractivity contribution is 14.1. The van der Waals surface area contributed by atoms with Gasteiger partial charge in [0.05, 0.1) is 3.79 Å². The minimum atomic E-state index is -3.60. The molecule has 0 fully saturated rings. The van der Waals surface area contributed by atoms with E-state index in [1.165, 1.54) is 11.3 Å². The van der Waals surface area contributed by atoms with E-state index in [-0.39, 0.29) is 4.90 Å². The lowest BCUT2D eigenvalue weighted by Gasteiger charge is -2.07. The number of nitrogens with one attached hydrogen (secondary N) is 1. The number of thiophene rings is 1. The summed E-state index contributed by atoms with van der Waals surface area (Å²) in [5, 5.41) is 0. The smallest absolute Gasteiger partial charge is 0.263 e. The molecule has 102 valence electrons. The molecule has 0 aliphatic rings. The summed E-state index contributed by atoms with van der Waals surface area (Å²) in [6.07, 6.45) is 0. The van der Waals surface area contributed by atoms with Crippen LogP contribution in [-0.4, -0.2) is 8.42 Å². The molecule has 1 aromatic heterocycles. The van der Waals surface area contributed by atoms with Crippen molar-refractivity contribution in [3.05, 3.63) is 42.6 Å². The van der Waals surface area contributed by atoms with Crippen molar-refractivity contribution in [2.75, 3.05) is 4.72 Å². The maximum absolute atomic E-state index is 12.3. The van der Waals surface area contributed by atoms with E-state index in [9.17, 15) is 8.42 Å². The fourth-order valence-corrected chi connectivity index (χ4v) is 5.60. The maximum Gasteiger partial charge on any atom is 0.263 e. The number of rotatable bonds is 4. The number of nitrogens with two attached hydrogens (primary N) is 1. The summed E-state index contributed by atoms with van der Waals surface area (Å²) in [5.74, 6) is 0. The zero-order valence-corrected chi connectivity index (χ0v) is 14.9. The highest BCUT2D eigenvalue weighted by atomic mass is 127. The third-order valence-corrected chi connectivity index (χ3v) is 6.60. The Kier molecular flexibility index (Phi) is 4.88. The Morgan fingerprint density at radius 2 is 2.11 bits per heavy atom. The molecule has 1 heterocycles. The van der Waals surface area contributed by atoms with E-state index in [0.717, 1.165) is 8.45 Å². The van der Waals surface area contributed by atoms with Crippen LogP contribution in [0.2, 0.25) is 0 Å². The predicted molar refractivity (Wildman–Crippen MR) is 89.9 cm³/mol. The summed E-state index contributed by atoms with van der Waals surface area (Å²) in [7, 11) is -3.60. The molecule has 0 aliphatic heterocycles. The van der Waals surface area contributed by atoms with Gasteiger partial charge >= 0.3 is 0 Å². The van der Waals surface area contributed by atoms with Crippen molar-refractivity contribution in [2.24, 2.45) is 5.73 Å². The molecule has 8 heteroatoms. The average molecular weight is 473 g/mol. The van der Waals surface area contributed by atoms with Gasteiger partial charge in [-0.05, 0) is 62.8 Å². The molecule has 0 spiro atoms. The van der Waals surface area contributed by atoms with Crippen LogP contribution in [0.25, 0.3) is 0 Å². The van der Waals surface area contributed by atoms with Gasteiger partial charge < -0.3 is 5.73 Å². The second-order valence-corrected chi connectivity index (χ2v) is 9.02. The Bertz CT molecular complexity index is 700. The third-order valence-electron chi connectivity index (χ3n) is 2.27. The molecular formula is C11H10BrIN2O2S2. The van der Waals surface area contributed by atoms with E-state index in [1.54, 1.807) is 24.3 Å². The topological polar surface area (TPSA) is 72.2 Å². The lowest BCUT2D eigenvalue weighted by atomic mass is 10.3. The van der Waals surface area contributed by atoms with Crippen LogP contribution in [0.15, 0.2) is 39.0 Å². The molecule has 0 radical (unpaired) electrons. The lowest BCUT2D eigenvalue weighted by molar-refractivity contribution is 0.601. The first kappa shape index (κ1) is 15.2. The van der Waals surface area contributed by atoms with Gasteiger partial charge in [-0.15, -0.1) is 11.3 Å². The van der Waals surface area contributed by atoms with Crippen LogP contribution in [0.5, 0.6) is 0 Å². The summed E-state index contributed by atoms with van der Waals surface area (Å²) in [5.41, 5.74) is 6.06. The van der Waals surface area contributed by atoms with Crippen LogP contribution in [0.3, 0.4) is 0 Å². The predicted octanol–water partition coefficient (Wildman–Crippen LogP) is 3.37. The average Bonchev–Trinajstić information content (AvgIpc) is 2.71. The van der Waals surface area contributed by atoms with Crippen molar-refractivity contribution < 1.29 is 8.42 Å². The van der Waals surface area contributed by atoms with Crippen molar-refractivity contribution in [1.82, 2.24) is 0 Å². The van der Waals surface area contributed by atoms with Crippen LogP contribution < -0.4 is 10.5 Å². The van der Waals surface area contributed by atoms with Gasteiger partial charge in [0.2, 0.25) is 0 Å². The first-order valence-electron chi connectivity index (χ1n) is 5.19. The Balaban J connectivity index is 2.34. The van der Waals surface area contributed by atoms with Gasteiger partial charge in [-0.3, -0.25) is 4.72 Å². The van der Waals surface area contributed by atoms with Crippen LogP contribution in [0.1, 0.15) is 4.88 Å². The SMILES string of the molecule is NCc1cc(S(=O)(=O)Nc2cccc(I)c2)c(Br)s1. The third kappa shape index (κ3) is 3.69. The van der Waals surface area contributed by atoms with Gasteiger partial charge in [-0.1, -0.05) is 6.07 Å². The molecule has 0 aliphatic carbocycles. The molecule has 19 heavy (non-hydrogen) atoms. The monoisotopic (exact) mass is 472 g/mol. The van der Waals surface area contributed by atoms with Gasteiger partial charge in [-0.25, -0.2) is 8.42 Å². The summed E-state index contributed by atoms with van der Waals surface area (Å²) >= 11 is 6.72. The summed E-state index contributed by atoms with van der Waals surface area (Å²) in [4.78, 5) is 1.03. The Morgan fingerprint density at radius 3 is 2.68 bits per heavy atom. The number of anilines is 1. The minimum Gasteiger partial charge on any atom is -0.326 e. The van der Waals surface area contributed by atoms with E-state index in [4.69, 9.17) is 5.73 Å². The molecule has 0 bridgehead atoms. The number of hydrogen-bond donors (Lipinski definition) is 2. The van der Waals surface area contributed by atoms with Gasteiger partial charge in [0, 0.05) is 20.7 Å². The number of halogens is 2. The van der Waals surface area contributed by atoms with Gasteiger partial charge in [0.25, 0.3) is 10.0 Å². The molecule has 0 saturated heterocycles. The van der Waals surface area contributed by atoms with Crippen LogP contribution in [0.4, 0.5) is 5.69 Å². The molecule has 1 aromatic carbocycles. The van der Waals surface area contributed by atoms with Gasteiger partial charge in [0.1, 0.15) is 4.90 Å². The Morgan fingerprint density at radius 1 is 1.37 bits per heavy atom. The first-order valence-corrected chi connectivity index (χ1v) is 9.36. The standard InChI is InChI=1S/C11H10BrIN2O2S2/c12-11-10(5-9(6-14)18-11)19(16,17)15-8-3-1-2-7(13)4-8/h1-5,15H,6,14H2. The minimum absolute atomic E-state index is 0.219. The normalized spacial score (nSPS) is 11.5. The quantitative estimate of drug-likeness (QED) is 0.670. The van der Waals surface area contributed by atoms with Crippen molar-refractivity contribution >= 4 is 65.6 Å². The fourth-order valence-electron chi connectivity index (χ4n) is 1.44. The Hall–Kier alpha value is -0.160. The van der Waals surface area contributed by atoms with E-state index < -0.39 is 10.0 Å². The highest BCUT2D eigenvalue weighted by Gasteiger charge is 2.20. The van der Waals surface area contributed by atoms with Crippen molar-refractivity contribution in [3.8, 4) is 0 Å². The van der Waals surface area contributed by atoms with Gasteiger partial charge in [0.15, 0.2) is 0 Å². The van der Waals surface area contributed by atoms with Crippen molar-refractivity contribution in [1.29, 1.82) is 0 Å². The van der Waals surface area contributed by atoms with E-state index >= 15 is 0 Å². The molecule has 2 rings (SSSR count). The molecule has 0 unspecified atom stereocenters. The van der Waals surface area contributed by atoms with E-state index in [1.807, 2.05) is 6.07 Å². The largest absolute Gasteiger partial charge is 0.326 e. The van der Waals surface area contributed by atoms with E-state index in [0.29, 0.717) is 16.0 Å². The molecule has 4 nitrogen and oxygen atoms in total. The van der Waals surface area contributed by atoms with Gasteiger partial charge in [-0.2, -0.15) is 0 Å². The van der Waals surface area contributed by atoms with Crippen molar-refractivity contribution in [2.45, 2.75) is 11.4 Å². The zero-order valence-electron chi connectivity index (χ0n) is 9.56. The number of hydrogen-bond acceptors (Lipinski definition) is 4. The van der Waals surface area contributed by atoms with Crippen LogP contribution >= 0.6 is 49.9 Å². The zero-order chi connectivity index (χ0) is 14.0. The molecule has 0 atom stereocenters. The van der Waals surface area contributed by atoms with Crippen molar-refractivity contribution in [3.63, 3.8) is 0 Å². The summed E-state index contributed by atoms with van der Waals surface area (Å²) in [6.45, 7) is 0.321. The molecule has 0 amide bonds. The first-order chi connectivity index (χ1) is 8.92. The molecular weight excluding hydrogens is 463 g/mol. The number of benzene rings is 1. The van der Waals surface area contributed by atoms with E-state index in [2.05, 4.69) is 43.2 Å². The lowest BCUT2D eigenvalue weighted by Crippen LogP contribution is -2.12. The molecule has 2 aromatic rings. The molecule has 0 saturated carbocycles.